The highest BCUT2D eigenvalue weighted by Gasteiger charge is 2.45. The number of carboxylic acids is 1. The van der Waals surface area contributed by atoms with Gasteiger partial charge in [-0.25, -0.2) is 19.7 Å². The molecule has 2 aliphatic heterocycles. The number of β-amino-alcohol motifs (C(OH)–C–C–N with tert-alkyl or cyclic N) is 1. The number of carboxylic acid groups (broad SMARTS) is 1. The molecule has 0 bridgehead atoms. The van der Waals surface area contributed by atoms with E-state index in [1.165, 1.54) is 16.2 Å². The Morgan fingerprint density at radius 2 is 1.65 bits per heavy atom. The molecule has 1 aliphatic carbocycles. The van der Waals surface area contributed by atoms with Gasteiger partial charge in [0.1, 0.15) is 17.9 Å². The zero-order valence-corrected chi connectivity index (χ0v) is 50.7. The molecule has 1 saturated heterocycles. The summed E-state index contributed by atoms with van der Waals surface area (Å²) in [6, 6.07) is 22.7. The Kier molecular flexibility index (Phi) is 18.3. The number of rotatable bonds is 20. The standard InChI is InChI=1S/C64H75N11O8S2/c1-38(41-19-21-43(22-20-41)56-39(2)66-37-84-56)68-59(80)50-32-44(76)34-74(50)60(81)57(63(4,5)6)71-54(78)18-13-30-65-53(77)25-29-64(27-10-7-11-28-64)36-75-40(3)47(33-67-75)45-23-24-52(70-55(45)61(82)83)73-31-26-42-14-12-15-46(48(42)35-73)58(79)72-62-69-49-16-8-9-17-51(49)85-62/h8-9,12,14-17,19-24,33,37-38,44,50,57,76H,7,10-11,13,18,25-32,34-36H2,1-6H3,(H,65,77)(H,68,80)(H,71,78)(H,82,83)(H,69,72,79)/t38-,44+,50-,57+/m0/s1. The molecule has 10 rings (SSSR count). The zero-order valence-electron chi connectivity index (χ0n) is 49.1. The first kappa shape index (κ1) is 60.2. The van der Waals surface area contributed by atoms with E-state index in [0.717, 1.165) is 80.8 Å². The lowest BCUT2D eigenvalue weighted by atomic mass is 9.71. The smallest absolute Gasteiger partial charge is 0.355 e. The molecule has 0 radical (unpaired) electrons. The monoisotopic (exact) mass is 1190 g/mol. The zero-order chi connectivity index (χ0) is 60.2. The van der Waals surface area contributed by atoms with Crippen LogP contribution in [0.1, 0.15) is 147 Å². The number of aromatic nitrogens is 5. The van der Waals surface area contributed by atoms with E-state index in [1.807, 2.05) is 123 Å². The van der Waals surface area contributed by atoms with Gasteiger partial charge in [0.2, 0.25) is 23.6 Å². The Morgan fingerprint density at radius 3 is 2.38 bits per heavy atom. The van der Waals surface area contributed by atoms with Crippen LogP contribution in [0.4, 0.5) is 10.9 Å². The van der Waals surface area contributed by atoms with Crippen molar-refractivity contribution in [3.8, 4) is 21.6 Å². The molecule has 6 heterocycles. The minimum Gasteiger partial charge on any atom is -0.476 e. The van der Waals surface area contributed by atoms with Gasteiger partial charge in [0.15, 0.2) is 10.8 Å². The third kappa shape index (κ3) is 13.8. The molecule has 21 heteroatoms. The third-order valence-corrected chi connectivity index (χ3v) is 19.0. The lowest BCUT2D eigenvalue weighted by Crippen LogP contribution is -2.57. The molecule has 85 heavy (non-hydrogen) atoms. The summed E-state index contributed by atoms with van der Waals surface area (Å²) in [5.41, 5.74) is 8.80. The van der Waals surface area contributed by atoms with Gasteiger partial charge in [0, 0.05) is 74.4 Å². The SMILES string of the molecule is Cc1ncsc1-c1ccc([C@H](C)NC(=O)[C@@H]2C[C@@H](O)CN2C(=O)[C@@H](NC(=O)CCCNC(=O)CCC2(Cn3ncc(-c4ccc(N5CCc6cccc(C(=O)Nc7nc8ccccc8s7)c6C5)nc4C(=O)O)c3C)CCCCC2)C(C)(C)C)cc1. The number of hydrogen-bond acceptors (Lipinski definition) is 14. The number of nitrogens with one attached hydrogen (secondary N) is 4. The number of amides is 5. The van der Waals surface area contributed by atoms with Crippen LogP contribution in [0.25, 0.3) is 31.8 Å². The van der Waals surface area contributed by atoms with Crippen molar-refractivity contribution in [1.29, 1.82) is 0 Å². The molecule has 0 spiro atoms. The number of fused-ring (bicyclic) bond motifs is 2. The van der Waals surface area contributed by atoms with Gasteiger partial charge in [-0.15, -0.1) is 11.3 Å². The van der Waals surface area contributed by atoms with Crippen LogP contribution in [0.3, 0.4) is 0 Å². The van der Waals surface area contributed by atoms with E-state index in [1.54, 1.807) is 29.7 Å². The maximum absolute atomic E-state index is 14.3. The van der Waals surface area contributed by atoms with Crippen LogP contribution in [0.15, 0.2) is 90.6 Å². The molecule has 19 nitrogen and oxygen atoms in total. The van der Waals surface area contributed by atoms with E-state index in [9.17, 15) is 39.0 Å². The fourth-order valence-corrected chi connectivity index (χ4v) is 13.9. The Hall–Kier alpha value is -7.88. The predicted octanol–water partition coefficient (Wildman–Crippen LogP) is 9.81. The van der Waals surface area contributed by atoms with Gasteiger partial charge in [-0.3, -0.25) is 34.0 Å². The van der Waals surface area contributed by atoms with Gasteiger partial charge in [-0.1, -0.05) is 99.9 Å². The van der Waals surface area contributed by atoms with Crippen LogP contribution in [-0.4, -0.2) is 113 Å². The number of nitrogens with zero attached hydrogens (tertiary/aromatic N) is 7. The summed E-state index contributed by atoms with van der Waals surface area (Å²) >= 11 is 2.98. The van der Waals surface area contributed by atoms with Crippen LogP contribution in [0.2, 0.25) is 0 Å². The molecule has 3 aliphatic rings. The first-order valence-corrected chi connectivity index (χ1v) is 31.1. The number of benzene rings is 3. The maximum Gasteiger partial charge on any atom is 0.355 e. The topological polar surface area (TPSA) is 254 Å². The number of aliphatic hydroxyl groups excluding tert-OH is 1. The predicted molar refractivity (Wildman–Crippen MR) is 329 cm³/mol. The summed E-state index contributed by atoms with van der Waals surface area (Å²) in [5.74, 6) is -2.25. The molecule has 1 saturated carbocycles. The van der Waals surface area contributed by atoms with Crippen molar-refractivity contribution in [2.24, 2.45) is 10.8 Å². The maximum atomic E-state index is 14.3. The number of likely N-dealkylation sites (tertiary alicyclic amines) is 1. The van der Waals surface area contributed by atoms with Crippen LogP contribution in [0.5, 0.6) is 0 Å². The number of aromatic carboxylic acids is 1. The Labute approximate surface area is 503 Å². The summed E-state index contributed by atoms with van der Waals surface area (Å²) in [5, 5.41) is 38.6. The summed E-state index contributed by atoms with van der Waals surface area (Å²) in [6.07, 6.45) is 7.76. The molecule has 3 aromatic carbocycles. The second kappa shape index (κ2) is 25.8. The summed E-state index contributed by atoms with van der Waals surface area (Å²) in [4.78, 5) is 99.9. The third-order valence-electron chi connectivity index (χ3n) is 17.1. The van der Waals surface area contributed by atoms with Crippen molar-refractivity contribution in [3.05, 3.63) is 130 Å². The van der Waals surface area contributed by atoms with Crippen molar-refractivity contribution in [2.45, 2.75) is 149 Å². The van der Waals surface area contributed by atoms with E-state index in [-0.39, 0.29) is 73.1 Å². The number of thiazole rings is 2. The van der Waals surface area contributed by atoms with Crippen LogP contribution in [0, 0.1) is 24.7 Å². The molecule has 0 unspecified atom stereocenters. The number of para-hydroxylation sites is 1. The second-order valence-corrected chi connectivity index (χ2v) is 26.0. The van der Waals surface area contributed by atoms with Crippen molar-refractivity contribution >= 4 is 79.3 Å². The Balaban J connectivity index is 0.716. The summed E-state index contributed by atoms with van der Waals surface area (Å²) in [6.45, 7) is 13.0. The summed E-state index contributed by atoms with van der Waals surface area (Å²) < 4.78 is 2.91. The van der Waals surface area contributed by atoms with Gasteiger partial charge < -0.3 is 36.0 Å². The molecule has 446 valence electrons. The van der Waals surface area contributed by atoms with Crippen LogP contribution in [-0.2, 0) is 38.7 Å². The fraction of sp³-hybridized carbons (Fsp3) is 0.438. The quantitative estimate of drug-likeness (QED) is 0.0389. The van der Waals surface area contributed by atoms with Crippen LogP contribution >= 0.6 is 22.7 Å². The number of hydrogen-bond donors (Lipinski definition) is 6. The van der Waals surface area contributed by atoms with Crippen molar-refractivity contribution in [1.82, 2.24) is 45.6 Å². The van der Waals surface area contributed by atoms with E-state index >= 15 is 0 Å². The van der Waals surface area contributed by atoms with Gasteiger partial charge in [0.05, 0.1) is 44.6 Å². The van der Waals surface area contributed by atoms with Gasteiger partial charge >= 0.3 is 5.97 Å². The number of pyridine rings is 1. The minimum absolute atomic E-state index is 0.0383. The molecular weight excluding hydrogens is 1110 g/mol. The highest BCUT2D eigenvalue weighted by Crippen LogP contribution is 2.43. The van der Waals surface area contributed by atoms with Crippen LogP contribution < -0.4 is 26.2 Å². The number of carbonyl (C=O) groups excluding carboxylic acids is 5. The van der Waals surface area contributed by atoms with E-state index in [2.05, 4.69) is 31.2 Å². The van der Waals surface area contributed by atoms with Crippen molar-refractivity contribution < 1.29 is 39.0 Å². The first-order valence-electron chi connectivity index (χ1n) is 29.4. The van der Waals surface area contributed by atoms with Crippen molar-refractivity contribution in [2.75, 3.05) is 29.9 Å². The largest absolute Gasteiger partial charge is 0.476 e. The van der Waals surface area contributed by atoms with E-state index in [0.29, 0.717) is 66.5 Å². The highest BCUT2D eigenvalue weighted by atomic mass is 32.1. The molecule has 4 aromatic heterocycles. The van der Waals surface area contributed by atoms with Gasteiger partial charge in [-0.05, 0) is 116 Å². The second-order valence-electron chi connectivity index (χ2n) is 24.1. The number of carbonyl (C=O) groups is 6. The molecular formula is C64H75N11O8S2. The van der Waals surface area contributed by atoms with Gasteiger partial charge in [0.25, 0.3) is 5.91 Å². The average Bonchev–Trinajstić information content (AvgIpc) is 3.64. The molecule has 2 fully saturated rings. The normalized spacial score (nSPS) is 17.4. The molecule has 6 N–H and O–H groups in total. The average molecular weight is 1190 g/mol. The van der Waals surface area contributed by atoms with Gasteiger partial charge in [-0.2, -0.15) is 5.10 Å². The molecule has 7 aromatic rings. The first-order chi connectivity index (χ1) is 40.7. The fourth-order valence-electron chi connectivity index (χ4n) is 12.3. The number of aryl methyl sites for hydroxylation is 1. The molecule has 5 amide bonds. The van der Waals surface area contributed by atoms with E-state index < -0.39 is 35.5 Å². The number of aliphatic hydroxyl groups is 1. The molecule has 4 atom stereocenters. The Bertz CT molecular complexity index is 3590. The summed E-state index contributed by atoms with van der Waals surface area (Å²) in [7, 11) is 0. The van der Waals surface area contributed by atoms with Crippen molar-refractivity contribution in [3.63, 3.8) is 0 Å². The Morgan fingerprint density at radius 1 is 0.871 bits per heavy atom. The highest BCUT2D eigenvalue weighted by molar-refractivity contribution is 7.22. The lowest BCUT2D eigenvalue weighted by Gasteiger charge is -2.37. The minimum atomic E-state index is -1.17. The van der Waals surface area contributed by atoms with E-state index in [4.69, 9.17) is 10.1 Å². The number of anilines is 2. The lowest BCUT2D eigenvalue weighted by molar-refractivity contribution is -0.144.